The maximum Gasteiger partial charge on any atom is 0.124 e. The van der Waals surface area contributed by atoms with Crippen molar-refractivity contribution in [3.8, 4) is 50.6 Å². The van der Waals surface area contributed by atoms with E-state index in [0.717, 1.165) is 56.5 Å². The summed E-state index contributed by atoms with van der Waals surface area (Å²) in [5.74, 6) is 1.18. The molecule has 5 rings (SSSR count). The van der Waals surface area contributed by atoms with Crippen LogP contribution in [0.15, 0.2) is 66.7 Å². The van der Waals surface area contributed by atoms with Gasteiger partial charge >= 0.3 is 0 Å². The third-order valence-electron chi connectivity index (χ3n) is 6.96. The third-order valence-corrected chi connectivity index (χ3v) is 6.96. The summed E-state index contributed by atoms with van der Waals surface area (Å²) in [6.07, 6.45) is 0.731. The molecule has 0 spiro atoms. The van der Waals surface area contributed by atoms with Crippen LogP contribution in [0.5, 0.6) is 17.2 Å². The lowest BCUT2D eigenvalue weighted by Gasteiger charge is -2.20. The molecule has 4 aromatic carbocycles. The van der Waals surface area contributed by atoms with Crippen molar-refractivity contribution in [3.63, 3.8) is 0 Å². The highest BCUT2D eigenvalue weighted by molar-refractivity contribution is 5.96. The molecule has 0 aromatic heterocycles. The smallest absolute Gasteiger partial charge is 0.124 e. The lowest BCUT2D eigenvalue weighted by atomic mass is 9.85. The highest BCUT2D eigenvalue weighted by Gasteiger charge is 2.28. The summed E-state index contributed by atoms with van der Waals surface area (Å²) >= 11 is 0. The molecule has 0 bridgehead atoms. The Kier molecular flexibility index (Phi) is 5.36. The maximum atomic E-state index is 11.2. The predicted molar refractivity (Wildman–Crippen MR) is 139 cm³/mol. The molecule has 3 N–H and O–H groups in total. The zero-order valence-electron chi connectivity index (χ0n) is 20.1. The van der Waals surface area contributed by atoms with Crippen molar-refractivity contribution in [1.82, 2.24) is 0 Å². The van der Waals surface area contributed by atoms with Crippen molar-refractivity contribution < 1.29 is 15.3 Å². The highest BCUT2D eigenvalue weighted by atomic mass is 16.3. The van der Waals surface area contributed by atoms with Crippen molar-refractivity contribution in [2.75, 3.05) is 0 Å². The molecule has 0 saturated carbocycles. The van der Waals surface area contributed by atoms with Crippen molar-refractivity contribution >= 4 is 0 Å². The molecule has 0 radical (unpaired) electrons. The van der Waals surface area contributed by atoms with E-state index in [4.69, 9.17) is 0 Å². The first-order valence-corrected chi connectivity index (χ1v) is 11.9. The zero-order chi connectivity index (χ0) is 24.1. The number of phenolic OH excluding ortho intramolecular Hbond substituents is 3. The van der Waals surface area contributed by atoms with Gasteiger partial charge in [0, 0.05) is 5.56 Å². The summed E-state index contributed by atoms with van der Waals surface area (Å²) in [7, 11) is 0. The Bertz CT molecular complexity index is 1410. The van der Waals surface area contributed by atoms with Crippen LogP contribution >= 0.6 is 0 Å². The van der Waals surface area contributed by atoms with Crippen LogP contribution in [0.2, 0.25) is 0 Å². The molecule has 0 heterocycles. The van der Waals surface area contributed by atoms with E-state index in [1.54, 1.807) is 12.1 Å². The fourth-order valence-corrected chi connectivity index (χ4v) is 5.22. The second-order valence-electron chi connectivity index (χ2n) is 9.86. The minimum atomic E-state index is 0.164. The highest BCUT2D eigenvalue weighted by Crippen LogP contribution is 2.51. The van der Waals surface area contributed by atoms with Gasteiger partial charge in [-0.2, -0.15) is 0 Å². The van der Waals surface area contributed by atoms with Gasteiger partial charge in [-0.3, -0.25) is 0 Å². The molecule has 1 aliphatic carbocycles. The van der Waals surface area contributed by atoms with E-state index in [-0.39, 0.29) is 23.3 Å². The molecule has 34 heavy (non-hydrogen) atoms. The number of hydrogen-bond acceptors (Lipinski definition) is 3. The number of aromatic hydroxyl groups is 3. The molecule has 0 atom stereocenters. The summed E-state index contributed by atoms with van der Waals surface area (Å²) in [4.78, 5) is 0. The molecular formula is C31H30O3. The average molecular weight is 451 g/mol. The van der Waals surface area contributed by atoms with E-state index in [1.807, 2.05) is 36.4 Å². The molecule has 4 aromatic rings. The number of hydrogen-bond donors (Lipinski definition) is 3. The van der Waals surface area contributed by atoms with E-state index in [2.05, 4.69) is 45.9 Å². The predicted octanol–water partition coefficient (Wildman–Crippen LogP) is 7.96. The lowest BCUT2D eigenvalue weighted by molar-refractivity contribution is 0.464. The first-order valence-electron chi connectivity index (χ1n) is 11.9. The molecule has 0 saturated heterocycles. The molecule has 3 nitrogen and oxygen atoms in total. The van der Waals surface area contributed by atoms with Crippen LogP contribution in [0.3, 0.4) is 0 Å². The number of rotatable bonds is 4. The van der Waals surface area contributed by atoms with E-state index in [9.17, 15) is 15.3 Å². The Hall–Kier alpha value is -3.72. The molecule has 172 valence electrons. The van der Waals surface area contributed by atoms with Gasteiger partial charge in [0.05, 0.1) is 0 Å². The zero-order valence-corrected chi connectivity index (χ0v) is 20.1. The van der Waals surface area contributed by atoms with Gasteiger partial charge in [-0.25, -0.2) is 0 Å². The first kappa shape index (κ1) is 22.1. The largest absolute Gasteiger partial charge is 0.508 e. The van der Waals surface area contributed by atoms with E-state index in [1.165, 1.54) is 5.56 Å². The Morgan fingerprint density at radius 2 is 1.18 bits per heavy atom. The van der Waals surface area contributed by atoms with Gasteiger partial charge in [-0.15, -0.1) is 0 Å². The number of benzene rings is 4. The monoisotopic (exact) mass is 450 g/mol. The summed E-state index contributed by atoms with van der Waals surface area (Å²) < 4.78 is 0. The summed E-state index contributed by atoms with van der Waals surface area (Å²) in [5.41, 5.74) is 9.96. The van der Waals surface area contributed by atoms with Crippen LogP contribution < -0.4 is 0 Å². The normalized spacial score (nSPS) is 12.3. The van der Waals surface area contributed by atoms with Crippen LogP contribution in [0.1, 0.15) is 61.8 Å². The molecule has 3 heteroatoms. The number of phenols is 3. The maximum absolute atomic E-state index is 11.2. The van der Waals surface area contributed by atoms with Crippen LogP contribution in [-0.2, 0) is 6.42 Å². The van der Waals surface area contributed by atoms with Crippen molar-refractivity contribution in [2.45, 2.75) is 46.0 Å². The minimum Gasteiger partial charge on any atom is -0.508 e. The van der Waals surface area contributed by atoms with Crippen molar-refractivity contribution in [3.05, 3.63) is 89.0 Å². The molecule has 0 amide bonds. The second-order valence-corrected chi connectivity index (χ2v) is 9.86. The fourth-order valence-electron chi connectivity index (χ4n) is 5.22. The van der Waals surface area contributed by atoms with Gasteiger partial charge in [0.2, 0.25) is 0 Å². The molecular weight excluding hydrogens is 420 g/mol. The average Bonchev–Trinajstić information content (AvgIpc) is 3.19. The topological polar surface area (TPSA) is 60.7 Å². The van der Waals surface area contributed by atoms with Crippen molar-refractivity contribution in [2.24, 2.45) is 0 Å². The van der Waals surface area contributed by atoms with Gasteiger partial charge in [0.25, 0.3) is 0 Å². The van der Waals surface area contributed by atoms with Gasteiger partial charge in [-0.05, 0) is 98.7 Å². The van der Waals surface area contributed by atoms with Gasteiger partial charge in [0.1, 0.15) is 17.2 Å². The molecule has 0 fully saturated rings. The van der Waals surface area contributed by atoms with Gasteiger partial charge < -0.3 is 15.3 Å². The van der Waals surface area contributed by atoms with E-state index < -0.39 is 0 Å². The van der Waals surface area contributed by atoms with Gasteiger partial charge in [-0.1, -0.05) is 64.1 Å². The van der Waals surface area contributed by atoms with E-state index in [0.29, 0.717) is 5.75 Å². The quantitative estimate of drug-likeness (QED) is 0.260. The van der Waals surface area contributed by atoms with Crippen LogP contribution in [0, 0.1) is 0 Å². The first-order chi connectivity index (χ1) is 16.3. The Labute approximate surface area is 201 Å². The summed E-state index contributed by atoms with van der Waals surface area (Å²) in [6, 6.07) is 21.6. The number of fused-ring (bicyclic) bond motifs is 3. The van der Waals surface area contributed by atoms with Crippen LogP contribution in [0.4, 0.5) is 0 Å². The summed E-state index contributed by atoms with van der Waals surface area (Å²) in [5, 5.41) is 32.1. The molecule has 0 unspecified atom stereocenters. The van der Waals surface area contributed by atoms with E-state index >= 15 is 0 Å². The lowest BCUT2D eigenvalue weighted by Crippen LogP contribution is -1.97. The molecule has 1 aliphatic rings. The van der Waals surface area contributed by atoms with Gasteiger partial charge in [0.15, 0.2) is 0 Å². The van der Waals surface area contributed by atoms with Crippen LogP contribution in [-0.4, -0.2) is 15.3 Å². The molecule has 0 aliphatic heterocycles. The second kappa shape index (κ2) is 8.25. The standard InChI is InChI=1S/C31H30O3/c1-17(2)23-13-20(9-11-27(23)32)25-16-29(34)31-22-8-6-5-7-19(22)14-26(31)30(25)21-10-12-28(33)24(15-21)18(3)4/h5-13,15-18,32-34H,14H2,1-4H3. The minimum absolute atomic E-state index is 0.164. The third kappa shape index (κ3) is 3.52. The van der Waals surface area contributed by atoms with Crippen LogP contribution in [0.25, 0.3) is 33.4 Å². The Morgan fingerprint density at radius 1 is 0.588 bits per heavy atom. The Balaban J connectivity index is 1.84. The SMILES string of the molecule is CC(C)c1cc(-c2cc(O)c3c(c2-c2ccc(O)c(C(C)C)c2)Cc2ccccc2-3)ccc1O. The van der Waals surface area contributed by atoms with Crippen molar-refractivity contribution in [1.29, 1.82) is 0 Å². The fraction of sp³-hybridized carbons (Fsp3) is 0.226. The Morgan fingerprint density at radius 3 is 1.82 bits per heavy atom. The summed E-state index contributed by atoms with van der Waals surface area (Å²) in [6.45, 7) is 8.27.